The van der Waals surface area contributed by atoms with E-state index >= 15 is 0 Å². The van der Waals surface area contributed by atoms with E-state index < -0.39 is 59.6 Å². The molecule has 6 aliphatic heterocycles. The summed E-state index contributed by atoms with van der Waals surface area (Å²) in [5, 5.41) is 0. The normalized spacial score (nSPS) is 26.6. The van der Waals surface area contributed by atoms with Gasteiger partial charge in [0.05, 0.1) is 63.0 Å². The van der Waals surface area contributed by atoms with Crippen LogP contribution in [0, 0.1) is 0 Å². The van der Waals surface area contributed by atoms with Gasteiger partial charge in [-0.1, -0.05) is 25.7 Å². The number of amides is 4. The Balaban J connectivity index is 0.901. The predicted octanol–water partition coefficient (Wildman–Crippen LogP) is 9.20. The molecular formula is C54H78N4O14. The average Bonchev–Trinajstić information content (AvgIpc) is 3.79. The number of ether oxygens (including phenoxy) is 10. The van der Waals surface area contributed by atoms with Crippen molar-refractivity contribution < 1.29 is 66.5 Å². The number of unbranched alkanes of at least 4 members (excludes halogenated alkanes) is 5. The zero-order valence-corrected chi connectivity index (χ0v) is 43.8. The van der Waals surface area contributed by atoms with Crippen molar-refractivity contribution in [1.82, 2.24) is 9.80 Å². The lowest BCUT2D eigenvalue weighted by molar-refractivity contribution is -0.321. The summed E-state index contributed by atoms with van der Waals surface area (Å²) in [7, 11) is 3.10. The number of carbonyl (C=O) groups excluding carboxylic acids is 4. The fraction of sp³-hybridized carbons (Fsp3) is 0.704. The zero-order chi connectivity index (χ0) is 51.3. The first-order chi connectivity index (χ1) is 34.4. The molecule has 18 nitrogen and oxygen atoms in total. The first kappa shape index (κ1) is 53.6. The largest absolute Gasteiger partial charge is 0.497 e. The number of benzene rings is 2. The molecule has 0 N–H and O–H groups in total. The standard InChI is InChI=1S/C54H78N4O14/c1-51(2,3)71-49(61)57-35-43-53(69-45-19-13-17-29-65-45,25-27-55(43)47(59)39-23-21-37(63-7)33-41(39)57)67-31-15-11-9-10-12-16-32-68-54(70-46-20-14-18-30-66-46)26-28-56-44(54)36-58(50(62)72-52(4,5)6)42-34-38(64-8)22-24-40(42)48(56)60/h21-24,33-34,43-46H,9-20,25-32,35-36H2,1-8H3. The maximum atomic E-state index is 14.4. The van der Waals surface area contributed by atoms with Gasteiger partial charge in [-0.2, -0.15) is 0 Å². The summed E-state index contributed by atoms with van der Waals surface area (Å²) >= 11 is 0. The molecule has 0 aliphatic carbocycles. The van der Waals surface area contributed by atoms with Crippen molar-refractivity contribution in [3.63, 3.8) is 0 Å². The second-order valence-corrected chi connectivity index (χ2v) is 21.7. The average molecular weight is 1010 g/mol. The summed E-state index contributed by atoms with van der Waals surface area (Å²) in [5.41, 5.74) is 0.0304. The lowest BCUT2D eigenvalue weighted by Gasteiger charge is -2.41. The zero-order valence-electron chi connectivity index (χ0n) is 43.8. The number of rotatable bonds is 17. The molecule has 6 aliphatic rings. The lowest BCUT2D eigenvalue weighted by atomic mass is 10.1. The van der Waals surface area contributed by atoms with Gasteiger partial charge in [0, 0.05) is 51.3 Å². The van der Waals surface area contributed by atoms with E-state index in [1.54, 1.807) is 60.4 Å². The minimum absolute atomic E-state index is 0.0928. The third-order valence-electron chi connectivity index (χ3n) is 14.3. The molecule has 0 aromatic heterocycles. The van der Waals surface area contributed by atoms with Gasteiger partial charge in [-0.3, -0.25) is 19.4 Å². The second-order valence-electron chi connectivity index (χ2n) is 21.7. The van der Waals surface area contributed by atoms with E-state index in [9.17, 15) is 19.2 Å². The molecule has 2 aromatic rings. The van der Waals surface area contributed by atoms with Crippen LogP contribution >= 0.6 is 0 Å². The monoisotopic (exact) mass is 1010 g/mol. The van der Waals surface area contributed by atoms with E-state index in [1.165, 1.54) is 9.80 Å². The molecular weight excluding hydrogens is 929 g/mol. The fourth-order valence-corrected chi connectivity index (χ4v) is 10.7. The Morgan fingerprint density at radius 2 is 1.00 bits per heavy atom. The molecule has 8 rings (SSSR count). The van der Waals surface area contributed by atoms with Gasteiger partial charge in [-0.05, 0) is 117 Å². The van der Waals surface area contributed by atoms with Crippen LogP contribution in [0.1, 0.15) is 152 Å². The smallest absolute Gasteiger partial charge is 0.414 e. The summed E-state index contributed by atoms with van der Waals surface area (Å²) < 4.78 is 62.4. The Labute approximate surface area is 425 Å². The number of fused-ring (bicyclic) bond motifs is 4. The van der Waals surface area contributed by atoms with Crippen LogP contribution in [0.25, 0.3) is 0 Å². The first-order valence-electron chi connectivity index (χ1n) is 26.3. The topological polar surface area (TPSA) is 174 Å². The summed E-state index contributed by atoms with van der Waals surface area (Å²) in [6, 6.07) is 9.00. The molecule has 398 valence electrons. The van der Waals surface area contributed by atoms with E-state index in [-0.39, 0.29) is 24.9 Å². The molecule has 6 heterocycles. The number of carbonyl (C=O) groups is 4. The molecule has 0 radical (unpaired) electrons. The molecule has 4 saturated heterocycles. The molecule has 4 amide bonds. The number of hydrogen-bond donors (Lipinski definition) is 0. The highest BCUT2D eigenvalue weighted by Crippen LogP contribution is 2.45. The van der Waals surface area contributed by atoms with Gasteiger partial charge in [-0.25, -0.2) is 9.59 Å². The van der Waals surface area contributed by atoms with Gasteiger partial charge in [0.25, 0.3) is 11.8 Å². The number of nitrogens with zero attached hydrogens (tertiary/aromatic N) is 4. The van der Waals surface area contributed by atoms with Crippen molar-refractivity contribution >= 4 is 35.4 Å². The second kappa shape index (κ2) is 22.8. The summed E-state index contributed by atoms with van der Waals surface area (Å²) in [6.45, 7) is 13.8. The van der Waals surface area contributed by atoms with Crippen molar-refractivity contribution in [2.45, 2.75) is 179 Å². The van der Waals surface area contributed by atoms with Gasteiger partial charge >= 0.3 is 12.2 Å². The van der Waals surface area contributed by atoms with Crippen molar-refractivity contribution in [3.8, 4) is 11.5 Å². The molecule has 0 saturated carbocycles. The maximum Gasteiger partial charge on any atom is 0.414 e. The third kappa shape index (κ3) is 12.3. The Hall–Kier alpha value is -4.72. The molecule has 2 aromatic carbocycles. The highest BCUT2D eigenvalue weighted by molar-refractivity contribution is 6.06. The minimum atomic E-state index is -1.22. The number of anilines is 2. The van der Waals surface area contributed by atoms with E-state index in [2.05, 4.69) is 0 Å². The SMILES string of the molecule is COc1ccc2c(c1)N(C(=O)OC(C)(C)C)CC1N(CCC1(OCCCCCCCCOC1(OC3CCCCO3)CCN3C(=O)c4ccc(OC)cc4N(C(=O)OC(C)(C)C)CC31)OC1CCCCO1)C2=O. The Kier molecular flexibility index (Phi) is 17.0. The van der Waals surface area contributed by atoms with Crippen LogP contribution in [0.15, 0.2) is 36.4 Å². The molecule has 72 heavy (non-hydrogen) atoms. The number of hydrogen-bond acceptors (Lipinski definition) is 14. The van der Waals surface area contributed by atoms with Crippen molar-refractivity contribution in [2.75, 3.05) is 76.6 Å². The van der Waals surface area contributed by atoms with Crippen LogP contribution in [0.4, 0.5) is 21.0 Å². The molecule has 6 atom stereocenters. The summed E-state index contributed by atoms with van der Waals surface area (Å²) in [6.07, 6.45) is 9.11. The van der Waals surface area contributed by atoms with E-state index in [1.807, 2.05) is 41.5 Å². The highest BCUT2D eigenvalue weighted by atomic mass is 16.8. The molecule has 4 fully saturated rings. The molecule has 0 spiro atoms. The van der Waals surface area contributed by atoms with Crippen LogP contribution in [0.5, 0.6) is 11.5 Å². The Morgan fingerprint density at radius 1 is 0.597 bits per heavy atom. The quantitative estimate of drug-likeness (QED) is 0.108. The van der Waals surface area contributed by atoms with Crippen molar-refractivity contribution in [3.05, 3.63) is 47.5 Å². The van der Waals surface area contributed by atoms with Gasteiger partial charge in [0.2, 0.25) is 0 Å². The van der Waals surface area contributed by atoms with E-state index in [4.69, 9.17) is 47.4 Å². The van der Waals surface area contributed by atoms with Crippen LogP contribution in [-0.2, 0) is 37.9 Å². The van der Waals surface area contributed by atoms with E-state index in [0.29, 0.717) is 99.2 Å². The Bertz CT molecular complexity index is 2070. The van der Waals surface area contributed by atoms with Gasteiger partial charge in [-0.15, -0.1) is 0 Å². The number of methoxy groups -OCH3 is 2. The maximum absolute atomic E-state index is 14.4. The third-order valence-corrected chi connectivity index (χ3v) is 14.3. The van der Waals surface area contributed by atoms with Crippen LogP contribution in [0.3, 0.4) is 0 Å². The highest BCUT2D eigenvalue weighted by Gasteiger charge is 2.58. The molecule has 18 heteroatoms. The summed E-state index contributed by atoms with van der Waals surface area (Å²) in [5.74, 6) is -1.84. The van der Waals surface area contributed by atoms with Crippen LogP contribution < -0.4 is 19.3 Å². The Morgan fingerprint density at radius 3 is 1.36 bits per heavy atom. The van der Waals surface area contributed by atoms with Crippen molar-refractivity contribution in [2.24, 2.45) is 0 Å². The van der Waals surface area contributed by atoms with Gasteiger partial charge in [0.1, 0.15) is 34.8 Å². The van der Waals surface area contributed by atoms with Gasteiger partial charge < -0.3 is 57.2 Å². The van der Waals surface area contributed by atoms with Crippen LogP contribution in [-0.4, -0.2) is 148 Å². The minimum Gasteiger partial charge on any atom is -0.497 e. The first-order valence-corrected chi connectivity index (χ1v) is 26.3. The van der Waals surface area contributed by atoms with Crippen molar-refractivity contribution in [1.29, 1.82) is 0 Å². The summed E-state index contributed by atoms with van der Waals surface area (Å²) in [4.78, 5) is 63.4. The van der Waals surface area contributed by atoms with Crippen LogP contribution in [0.2, 0.25) is 0 Å². The lowest BCUT2D eigenvalue weighted by Crippen LogP contribution is -2.57. The molecule has 6 unspecified atom stereocenters. The predicted molar refractivity (Wildman–Crippen MR) is 266 cm³/mol. The fourth-order valence-electron chi connectivity index (χ4n) is 10.7. The van der Waals surface area contributed by atoms with Gasteiger partial charge in [0.15, 0.2) is 24.2 Å². The van der Waals surface area contributed by atoms with E-state index in [0.717, 1.165) is 64.2 Å². The molecule has 0 bridgehead atoms.